The average Bonchev–Trinajstić information content (AvgIpc) is 2.68. The molecular formula is C14H19NO4. The van der Waals surface area contributed by atoms with E-state index in [1.54, 1.807) is 0 Å². The van der Waals surface area contributed by atoms with Crippen molar-refractivity contribution in [2.75, 3.05) is 19.7 Å². The van der Waals surface area contributed by atoms with E-state index in [0.717, 1.165) is 11.1 Å². The van der Waals surface area contributed by atoms with Gasteiger partial charge in [-0.15, -0.1) is 0 Å². The SMILES string of the molecule is Cc1ccc(OCC(=O)N2C[C@@H](O)[C@@H](O)C2)c(C)c1. The van der Waals surface area contributed by atoms with Crippen LogP contribution in [0.25, 0.3) is 0 Å². The van der Waals surface area contributed by atoms with E-state index < -0.39 is 12.2 Å². The van der Waals surface area contributed by atoms with E-state index in [1.165, 1.54) is 4.90 Å². The number of carbonyl (C=O) groups is 1. The largest absolute Gasteiger partial charge is 0.484 e. The van der Waals surface area contributed by atoms with Crippen molar-refractivity contribution < 1.29 is 19.7 Å². The zero-order chi connectivity index (χ0) is 14.0. The molecule has 19 heavy (non-hydrogen) atoms. The molecule has 0 aliphatic carbocycles. The minimum Gasteiger partial charge on any atom is -0.484 e. The Hall–Kier alpha value is -1.59. The van der Waals surface area contributed by atoms with Crippen molar-refractivity contribution in [3.05, 3.63) is 29.3 Å². The Morgan fingerprint density at radius 2 is 1.95 bits per heavy atom. The fourth-order valence-electron chi connectivity index (χ4n) is 2.17. The molecule has 1 saturated heterocycles. The highest BCUT2D eigenvalue weighted by molar-refractivity contribution is 5.78. The molecule has 5 heteroatoms. The van der Waals surface area contributed by atoms with Crippen LogP contribution in [-0.2, 0) is 4.79 Å². The molecule has 1 aliphatic rings. The maximum Gasteiger partial charge on any atom is 0.260 e. The number of hydrogen-bond donors (Lipinski definition) is 2. The number of aliphatic hydroxyl groups is 2. The van der Waals surface area contributed by atoms with Crippen LogP contribution in [0.5, 0.6) is 5.75 Å². The Morgan fingerprint density at radius 3 is 2.53 bits per heavy atom. The van der Waals surface area contributed by atoms with Gasteiger partial charge in [0.15, 0.2) is 6.61 Å². The van der Waals surface area contributed by atoms with Crippen LogP contribution in [0.3, 0.4) is 0 Å². The van der Waals surface area contributed by atoms with Crippen LogP contribution in [0.15, 0.2) is 18.2 Å². The Labute approximate surface area is 112 Å². The molecule has 0 unspecified atom stereocenters. The summed E-state index contributed by atoms with van der Waals surface area (Å²) in [7, 11) is 0. The van der Waals surface area contributed by atoms with E-state index in [0.29, 0.717) is 5.75 Å². The molecule has 2 N–H and O–H groups in total. The van der Waals surface area contributed by atoms with Crippen molar-refractivity contribution in [2.24, 2.45) is 0 Å². The maximum absolute atomic E-state index is 11.9. The summed E-state index contributed by atoms with van der Waals surface area (Å²) in [6.07, 6.45) is -1.71. The molecule has 5 nitrogen and oxygen atoms in total. The maximum atomic E-state index is 11.9. The van der Waals surface area contributed by atoms with E-state index in [2.05, 4.69) is 0 Å². The Bertz CT molecular complexity index is 465. The van der Waals surface area contributed by atoms with Crippen molar-refractivity contribution in [3.63, 3.8) is 0 Å². The zero-order valence-electron chi connectivity index (χ0n) is 11.2. The molecule has 2 rings (SSSR count). The molecule has 0 radical (unpaired) electrons. The molecular weight excluding hydrogens is 246 g/mol. The number of amides is 1. The number of carbonyl (C=O) groups excluding carboxylic acids is 1. The van der Waals surface area contributed by atoms with Gasteiger partial charge in [-0.25, -0.2) is 0 Å². The van der Waals surface area contributed by atoms with Crippen LogP contribution in [0, 0.1) is 13.8 Å². The van der Waals surface area contributed by atoms with Crippen molar-refractivity contribution in [3.8, 4) is 5.75 Å². The Kier molecular flexibility index (Phi) is 4.07. The summed E-state index contributed by atoms with van der Waals surface area (Å²) in [5.41, 5.74) is 2.12. The topological polar surface area (TPSA) is 70.0 Å². The third-order valence-corrected chi connectivity index (χ3v) is 3.29. The number of benzene rings is 1. The number of likely N-dealkylation sites (tertiary alicyclic amines) is 1. The van der Waals surface area contributed by atoms with Crippen LogP contribution in [0.2, 0.25) is 0 Å². The van der Waals surface area contributed by atoms with Crippen LogP contribution in [-0.4, -0.2) is 52.9 Å². The normalized spacial score (nSPS) is 22.6. The van der Waals surface area contributed by atoms with Gasteiger partial charge in [0.2, 0.25) is 0 Å². The van der Waals surface area contributed by atoms with Gasteiger partial charge in [0.1, 0.15) is 5.75 Å². The number of hydrogen-bond acceptors (Lipinski definition) is 4. The van der Waals surface area contributed by atoms with Gasteiger partial charge in [0.25, 0.3) is 5.91 Å². The van der Waals surface area contributed by atoms with Gasteiger partial charge in [-0.2, -0.15) is 0 Å². The lowest BCUT2D eigenvalue weighted by molar-refractivity contribution is -0.132. The first-order valence-corrected chi connectivity index (χ1v) is 6.31. The number of aliphatic hydroxyl groups excluding tert-OH is 2. The summed E-state index contributed by atoms with van der Waals surface area (Å²) in [6, 6.07) is 5.75. The highest BCUT2D eigenvalue weighted by Crippen LogP contribution is 2.19. The molecule has 1 aromatic carbocycles. The molecule has 104 valence electrons. The molecule has 0 spiro atoms. The lowest BCUT2D eigenvalue weighted by Crippen LogP contribution is -2.34. The standard InChI is InChI=1S/C14H19NO4/c1-9-3-4-13(10(2)5-9)19-8-14(18)15-6-11(16)12(17)7-15/h3-5,11-12,16-17H,6-8H2,1-2H3/t11-,12+. The Balaban J connectivity index is 1.90. The van der Waals surface area contributed by atoms with Gasteiger partial charge in [-0.3, -0.25) is 4.79 Å². The molecule has 1 aromatic rings. The summed E-state index contributed by atoms with van der Waals surface area (Å²) in [5, 5.41) is 18.8. The third kappa shape index (κ3) is 3.24. The average molecular weight is 265 g/mol. The van der Waals surface area contributed by atoms with Crippen molar-refractivity contribution in [2.45, 2.75) is 26.1 Å². The van der Waals surface area contributed by atoms with Crippen LogP contribution in [0.4, 0.5) is 0 Å². The minimum absolute atomic E-state index is 0.0800. The molecule has 2 atom stereocenters. The first kappa shape index (κ1) is 13.8. The fraction of sp³-hybridized carbons (Fsp3) is 0.500. The second-order valence-electron chi connectivity index (χ2n) is 4.99. The summed E-state index contributed by atoms with van der Waals surface area (Å²) >= 11 is 0. The molecule has 1 heterocycles. The van der Waals surface area contributed by atoms with E-state index in [1.807, 2.05) is 32.0 Å². The number of β-amino-alcohol motifs (C(OH)–C–C–N with tert-alkyl or cyclic N) is 2. The first-order chi connectivity index (χ1) is 8.97. The number of rotatable bonds is 3. The number of ether oxygens (including phenoxy) is 1. The summed E-state index contributed by atoms with van der Waals surface area (Å²) in [4.78, 5) is 13.3. The van der Waals surface area contributed by atoms with Crippen LogP contribution in [0.1, 0.15) is 11.1 Å². The van der Waals surface area contributed by atoms with Gasteiger partial charge in [-0.05, 0) is 25.5 Å². The second kappa shape index (κ2) is 5.59. The van der Waals surface area contributed by atoms with E-state index in [9.17, 15) is 15.0 Å². The van der Waals surface area contributed by atoms with Crippen molar-refractivity contribution in [1.29, 1.82) is 0 Å². The van der Waals surface area contributed by atoms with Gasteiger partial charge < -0.3 is 19.8 Å². The summed E-state index contributed by atoms with van der Waals surface area (Å²) in [5.74, 6) is 0.454. The summed E-state index contributed by atoms with van der Waals surface area (Å²) in [6.45, 7) is 4.17. The van der Waals surface area contributed by atoms with Crippen molar-refractivity contribution in [1.82, 2.24) is 4.90 Å². The Morgan fingerprint density at radius 1 is 1.32 bits per heavy atom. The van der Waals surface area contributed by atoms with Crippen LogP contribution < -0.4 is 4.74 Å². The molecule has 0 bridgehead atoms. The predicted molar refractivity (Wildman–Crippen MR) is 70.0 cm³/mol. The molecule has 0 aromatic heterocycles. The van der Waals surface area contributed by atoms with E-state index in [4.69, 9.17) is 4.74 Å². The lowest BCUT2D eigenvalue weighted by atomic mass is 10.1. The van der Waals surface area contributed by atoms with Crippen LogP contribution >= 0.6 is 0 Å². The monoisotopic (exact) mass is 265 g/mol. The fourth-order valence-corrected chi connectivity index (χ4v) is 2.17. The smallest absolute Gasteiger partial charge is 0.260 e. The first-order valence-electron chi connectivity index (χ1n) is 6.31. The minimum atomic E-state index is -0.856. The number of aryl methyl sites for hydroxylation is 2. The van der Waals surface area contributed by atoms with E-state index in [-0.39, 0.29) is 25.6 Å². The third-order valence-electron chi connectivity index (χ3n) is 3.29. The predicted octanol–water partition coefficient (Wildman–Crippen LogP) is 0.246. The highest BCUT2D eigenvalue weighted by Gasteiger charge is 2.32. The van der Waals surface area contributed by atoms with Crippen molar-refractivity contribution >= 4 is 5.91 Å². The van der Waals surface area contributed by atoms with E-state index >= 15 is 0 Å². The van der Waals surface area contributed by atoms with Gasteiger partial charge in [0, 0.05) is 13.1 Å². The molecule has 1 fully saturated rings. The van der Waals surface area contributed by atoms with Gasteiger partial charge >= 0.3 is 0 Å². The van der Waals surface area contributed by atoms with Gasteiger partial charge in [0.05, 0.1) is 12.2 Å². The highest BCUT2D eigenvalue weighted by atomic mass is 16.5. The molecule has 1 aliphatic heterocycles. The zero-order valence-corrected chi connectivity index (χ0v) is 11.2. The molecule has 1 amide bonds. The second-order valence-corrected chi connectivity index (χ2v) is 4.99. The van der Waals surface area contributed by atoms with Gasteiger partial charge in [-0.1, -0.05) is 17.7 Å². The lowest BCUT2D eigenvalue weighted by Gasteiger charge is -2.16. The summed E-state index contributed by atoms with van der Waals surface area (Å²) < 4.78 is 5.48. The molecule has 0 saturated carbocycles. The quantitative estimate of drug-likeness (QED) is 0.821. The number of nitrogens with zero attached hydrogens (tertiary/aromatic N) is 1.